The molecule has 0 bridgehead atoms. The van der Waals surface area contributed by atoms with Crippen molar-refractivity contribution < 1.29 is 0 Å². The first-order valence-corrected chi connectivity index (χ1v) is 6.74. The number of guanidine groups is 1. The minimum Gasteiger partial charge on any atom is -0.370 e. The van der Waals surface area contributed by atoms with Crippen molar-refractivity contribution >= 4 is 41.3 Å². The van der Waals surface area contributed by atoms with E-state index in [4.69, 9.17) is 5.73 Å². The van der Waals surface area contributed by atoms with Crippen LogP contribution in [0.25, 0.3) is 0 Å². The van der Waals surface area contributed by atoms with E-state index in [1.165, 1.54) is 12.0 Å². The molecule has 1 aromatic heterocycles. The second-order valence-electron chi connectivity index (χ2n) is 3.96. The Kier molecular flexibility index (Phi) is 9.53. The molecular formula is C12H22IN3S. The van der Waals surface area contributed by atoms with Crippen molar-refractivity contribution in [2.24, 2.45) is 10.7 Å². The summed E-state index contributed by atoms with van der Waals surface area (Å²) in [5, 5.41) is 7.38. The number of halogens is 1. The molecule has 0 saturated heterocycles. The van der Waals surface area contributed by atoms with E-state index < -0.39 is 0 Å². The molecule has 0 saturated carbocycles. The van der Waals surface area contributed by atoms with Crippen LogP contribution in [-0.4, -0.2) is 19.0 Å². The fourth-order valence-corrected chi connectivity index (χ4v) is 2.13. The normalized spacial score (nSPS) is 12.9. The van der Waals surface area contributed by atoms with Gasteiger partial charge in [-0.15, -0.1) is 24.0 Å². The highest BCUT2D eigenvalue weighted by molar-refractivity contribution is 14.0. The Bertz CT molecular complexity index is 312. The van der Waals surface area contributed by atoms with Gasteiger partial charge in [0.25, 0.3) is 0 Å². The van der Waals surface area contributed by atoms with Crippen LogP contribution in [0.1, 0.15) is 38.2 Å². The number of hydrogen-bond donors (Lipinski definition) is 2. The highest BCUT2D eigenvalue weighted by Gasteiger charge is 2.04. The molecule has 17 heavy (non-hydrogen) atoms. The Morgan fingerprint density at radius 1 is 1.59 bits per heavy atom. The van der Waals surface area contributed by atoms with E-state index in [1.54, 1.807) is 11.3 Å². The summed E-state index contributed by atoms with van der Waals surface area (Å²) >= 11 is 1.72. The van der Waals surface area contributed by atoms with E-state index >= 15 is 0 Å². The van der Waals surface area contributed by atoms with Gasteiger partial charge >= 0.3 is 0 Å². The van der Waals surface area contributed by atoms with E-state index in [1.807, 2.05) is 0 Å². The molecular weight excluding hydrogens is 345 g/mol. The molecule has 5 heteroatoms. The number of rotatable bonds is 6. The lowest BCUT2D eigenvalue weighted by atomic mass is 10.1. The zero-order chi connectivity index (χ0) is 11.8. The molecule has 0 aliphatic heterocycles. The Morgan fingerprint density at radius 3 is 2.94 bits per heavy atom. The van der Waals surface area contributed by atoms with Crippen LogP contribution in [-0.2, 0) is 0 Å². The predicted octanol–water partition coefficient (Wildman–Crippen LogP) is 3.17. The van der Waals surface area contributed by atoms with Gasteiger partial charge in [-0.05, 0) is 28.8 Å². The van der Waals surface area contributed by atoms with E-state index in [2.05, 4.69) is 41.0 Å². The summed E-state index contributed by atoms with van der Waals surface area (Å²) in [6.07, 6.45) is 2.31. The van der Waals surface area contributed by atoms with Crippen LogP contribution >= 0.6 is 35.3 Å². The van der Waals surface area contributed by atoms with Crippen molar-refractivity contribution in [3.63, 3.8) is 0 Å². The van der Waals surface area contributed by atoms with Gasteiger partial charge in [0, 0.05) is 19.0 Å². The number of nitrogens with two attached hydrogens (primary N) is 1. The summed E-state index contributed by atoms with van der Waals surface area (Å²) in [5.41, 5.74) is 7.10. The highest BCUT2D eigenvalue weighted by atomic mass is 127. The number of aliphatic imine (C=N–C) groups is 1. The predicted molar refractivity (Wildman–Crippen MR) is 87.5 cm³/mol. The first-order valence-electron chi connectivity index (χ1n) is 5.80. The summed E-state index contributed by atoms with van der Waals surface area (Å²) in [6, 6.07) is 2.14. The van der Waals surface area contributed by atoms with Crippen molar-refractivity contribution in [1.82, 2.24) is 5.32 Å². The Morgan fingerprint density at radius 2 is 2.35 bits per heavy atom. The molecule has 1 rings (SSSR count). The van der Waals surface area contributed by atoms with Gasteiger partial charge in [0.2, 0.25) is 0 Å². The molecule has 3 nitrogen and oxygen atoms in total. The molecule has 98 valence electrons. The SMILES string of the molecule is CCCCNC(N)=NCC(C)c1ccsc1.I. The van der Waals surface area contributed by atoms with Gasteiger partial charge in [0.1, 0.15) is 0 Å². The summed E-state index contributed by atoms with van der Waals surface area (Å²) in [4.78, 5) is 4.34. The number of unbranched alkanes of at least 4 members (excludes halogenated alkanes) is 1. The molecule has 0 amide bonds. The van der Waals surface area contributed by atoms with Crippen LogP contribution < -0.4 is 11.1 Å². The standard InChI is InChI=1S/C12H21N3S.HI/c1-3-4-6-14-12(13)15-8-10(2)11-5-7-16-9-11;/h5,7,9-10H,3-4,6,8H2,1-2H3,(H3,13,14,15);1H. The average molecular weight is 367 g/mol. The lowest BCUT2D eigenvalue weighted by Gasteiger charge is -2.08. The Labute approximate surface area is 125 Å². The second-order valence-corrected chi connectivity index (χ2v) is 4.74. The maximum absolute atomic E-state index is 5.76. The Hall–Kier alpha value is -0.300. The minimum absolute atomic E-state index is 0. The van der Waals surface area contributed by atoms with Crippen LogP contribution in [0.3, 0.4) is 0 Å². The van der Waals surface area contributed by atoms with Crippen LogP contribution in [0.15, 0.2) is 21.8 Å². The van der Waals surface area contributed by atoms with Crippen molar-refractivity contribution in [2.75, 3.05) is 13.1 Å². The third kappa shape index (κ3) is 6.88. The highest BCUT2D eigenvalue weighted by Crippen LogP contribution is 2.17. The van der Waals surface area contributed by atoms with Crippen molar-refractivity contribution in [3.8, 4) is 0 Å². The van der Waals surface area contributed by atoms with Gasteiger partial charge < -0.3 is 11.1 Å². The third-order valence-electron chi connectivity index (χ3n) is 2.48. The molecule has 0 spiro atoms. The summed E-state index contributed by atoms with van der Waals surface area (Å²) in [5.74, 6) is 1.01. The molecule has 0 radical (unpaired) electrons. The molecule has 0 aliphatic rings. The average Bonchev–Trinajstić information content (AvgIpc) is 2.79. The van der Waals surface area contributed by atoms with E-state index in [9.17, 15) is 0 Å². The second kappa shape index (κ2) is 9.70. The fraction of sp³-hybridized carbons (Fsp3) is 0.583. The van der Waals surface area contributed by atoms with Gasteiger partial charge in [-0.1, -0.05) is 20.3 Å². The van der Waals surface area contributed by atoms with Gasteiger partial charge in [-0.3, -0.25) is 4.99 Å². The van der Waals surface area contributed by atoms with Crippen molar-refractivity contribution in [3.05, 3.63) is 22.4 Å². The van der Waals surface area contributed by atoms with Crippen LogP contribution in [0.4, 0.5) is 0 Å². The summed E-state index contributed by atoms with van der Waals surface area (Å²) < 4.78 is 0. The van der Waals surface area contributed by atoms with Crippen molar-refractivity contribution in [2.45, 2.75) is 32.6 Å². The van der Waals surface area contributed by atoms with Gasteiger partial charge in [-0.2, -0.15) is 11.3 Å². The number of nitrogens with zero attached hydrogens (tertiary/aromatic N) is 1. The van der Waals surface area contributed by atoms with Crippen LogP contribution in [0, 0.1) is 0 Å². The zero-order valence-corrected chi connectivity index (χ0v) is 13.6. The van der Waals surface area contributed by atoms with Gasteiger partial charge in [0.15, 0.2) is 5.96 Å². The molecule has 1 heterocycles. The van der Waals surface area contributed by atoms with Crippen molar-refractivity contribution in [1.29, 1.82) is 0 Å². The number of hydrogen-bond acceptors (Lipinski definition) is 2. The van der Waals surface area contributed by atoms with E-state index in [0.717, 1.165) is 19.5 Å². The molecule has 0 aromatic carbocycles. The summed E-state index contributed by atoms with van der Waals surface area (Å²) in [7, 11) is 0. The van der Waals surface area contributed by atoms with Crippen LogP contribution in [0.2, 0.25) is 0 Å². The molecule has 1 aromatic rings. The topological polar surface area (TPSA) is 50.4 Å². The molecule has 1 atom stereocenters. The van der Waals surface area contributed by atoms with Crippen LogP contribution in [0.5, 0.6) is 0 Å². The van der Waals surface area contributed by atoms with Gasteiger partial charge in [-0.25, -0.2) is 0 Å². The molecule has 1 unspecified atom stereocenters. The fourth-order valence-electron chi connectivity index (χ4n) is 1.35. The smallest absolute Gasteiger partial charge is 0.188 e. The number of nitrogens with one attached hydrogen (secondary N) is 1. The number of thiophene rings is 1. The summed E-state index contributed by atoms with van der Waals surface area (Å²) in [6.45, 7) is 6.00. The maximum Gasteiger partial charge on any atom is 0.188 e. The quantitative estimate of drug-likeness (QED) is 0.351. The minimum atomic E-state index is 0. The van der Waals surface area contributed by atoms with E-state index in [0.29, 0.717) is 11.9 Å². The lowest BCUT2D eigenvalue weighted by molar-refractivity contribution is 0.735. The first-order chi connectivity index (χ1) is 7.74. The molecule has 0 aliphatic carbocycles. The molecule has 0 fully saturated rings. The largest absolute Gasteiger partial charge is 0.370 e. The first kappa shape index (κ1) is 16.7. The third-order valence-corrected chi connectivity index (χ3v) is 3.19. The zero-order valence-electron chi connectivity index (χ0n) is 10.5. The maximum atomic E-state index is 5.76. The Balaban J connectivity index is 0.00000256. The monoisotopic (exact) mass is 367 g/mol. The lowest BCUT2D eigenvalue weighted by Crippen LogP contribution is -2.32. The van der Waals surface area contributed by atoms with Gasteiger partial charge in [0.05, 0.1) is 0 Å². The molecule has 3 N–H and O–H groups in total. The van der Waals surface area contributed by atoms with E-state index in [-0.39, 0.29) is 24.0 Å².